The maximum atomic E-state index is 13.2. The van der Waals surface area contributed by atoms with Crippen molar-refractivity contribution in [1.82, 2.24) is 0 Å². The van der Waals surface area contributed by atoms with Gasteiger partial charge in [-0.15, -0.1) is 0 Å². The Morgan fingerprint density at radius 2 is 1.82 bits per heavy atom. The van der Waals surface area contributed by atoms with E-state index in [4.69, 9.17) is 5.26 Å². The van der Waals surface area contributed by atoms with E-state index in [0.29, 0.717) is 0 Å². The highest BCUT2D eigenvalue weighted by atomic mass is 32.2. The predicted molar refractivity (Wildman–Crippen MR) is 75.0 cm³/mol. The maximum absolute atomic E-state index is 13.2. The number of nitro benzene ring substituents is 1. The van der Waals surface area contributed by atoms with Gasteiger partial charge in [-0.1, -0.05) is 0 Å². The van der Waals surface area contributed by atoms with Crippen molar-refractivity contribution in [2.45, 2.75) is 4.90 Å². The molecule has 0 unspecified atom stereocenters. The topological polar surface area (TPSA) is 113 Å². The van der Waals surface area contributed by atoms with Gasteiger partial charge in [0.1, 0.15) is 0 Å². The van der Waals surface area contributed by atoms with Crippen LogP contribution >= 0.6 is 0 Å². The summed E-state index contributed by atoms with van der Waals surface area (Å²) < 4.78 is 39.5. The number of hydrogen-bond acceptors (Lipinski definition) is 5. The molecule has 0 aliphatic carbocycles. The Bertz CT molecular complexity index is 873. The predicted octanol–water partition coefficient (Wildman–Crippen LogP) is 2.41. The van der Waals surface area contributed by atoms with Crippen molar-refractivity contribution in [3.63, 3.8) is 0 Å². The molecule has 0 aliphatic rings. The van der Waals surface area contributed by atoms with E-state index in [1.165, 1.54) is 24.3 Å². The molecule has 0 amide bonds. The molecular weight excluding hydrogens is 313 g/mol. The molecule has 0 aliphatic heterocycles. The van der Waals surface area contributed by atoms with Crippen LogP contribution in [0.2, 0.25) is 0 Å². The molecule has 7 nitrogen and oxygen atoms in total. The SMILES string of the molecule is N#Cc1ccc(S(=O)(=O)Nc2ccc(F)c([N+](=O)[O-])c2)cc1. The van der Waals surface area contributed by atoms with Crippen LogP contribution in [0.4, 0.5) is 15.8 Å². The Morgan fingerprint density at radius 3 is 2.36 bits per heavy atom. The normalized spacial score (nSPS) is 10.7. The van der Waals surface area contributed by atoms with E-state index in [9.17, 15) is 22.9 Å². The van der Waals surface area contributed by atoms with Gasteiger partial charge in [-0.25, -0.2) is 8.42 Å². The first-order valence-corrected chi connectivity index (χ1v) is 7.29. The number of hydrogen-bond donors (Lipinski definition) is 1. The van der Waals surface area contributed by atoms with Crippen molar-refractivity contribution in [2.75, 3.05) is 4.72 Å². The summed E-state index contributed by atoms with van der Waals surface area (Å²) in [6.07, 6.45) is 0. The van der Waals surface area contributed by atoms with Gasteiger partial charge in [-0.3, -0.25) is 14.8 Å². The molecule has 0 saturated heterocycles. The first-order valence-electron chi connectivity index (χ1n) is 5.80. The molecule has 0 saturated carbocycles. The molecule has 2 rings (SSSR count). The van der Waals surface area contributed by atoms with Crippen LogP contribution in [0.25, 0.3) is 0 Å². The van der Waals surface area contributed by atoms with Crippen molar-refractivity contribution in [3.05, 3.63) is 64.0 Å². The van der Waals surface area contributed by atoms with Crippen molar-refractivity contribution >= 4 is 21.4 Å². The number of sulfonamides is 1. The Morgan fingerprint density at radius 1 is 1.18 bits per heavy atom. The second-order valence-electron chi connectivity index (χ2n) is 4.16. The molecule has 0 bridgehead atoms. The zero-order chi connectivity index (χ0) is 16.3. The molecule has 2 aromatic carbocycles. The summed E-state index contributed by atoms with van der Waals surface area (Å²) in [5.41, 5.74) is -0.686. The Hall–Kier alpha value is -2.99. The molecule has 2 aromatic rings. The van der Waals surface area contributed by atoms with Crippen molar-refractivity contribution in [1.29, 1.82) is 5.26 Å². The number of nitrogens with zero attached hydrogens (tertiary/aromatic N) is 2. The Labute approximate surface area is 124 Å². The van der Waals surface area contributed by atoms with Crippen molar-refractivity contribution in [3.8, 4) is 6.07 Å². The minimum Gasteiger partial charge on any atom is -0.279 e. The van der Waals surface area contributed by atoms with E-state index < -0.39 is 26.5 Å². The van der Waals surface area contributed by atoms with E-state index in [0.717, 1.165) is 18.2 Å². The molecule has 112 valence electrons. The summed E-state index contributed by atoms with van der Waals surface area (Å²) in [6, 6.07) is 9.60. The number of anilines is 1. The highest BCUT2D eigenvalue weighted by molar-refractivity contribution is 7.92. The summed E-state index contributed by atoms with van der Waals surface area (Å²) in [5, 5.41) is 19.3. The van der Waals surface area contributed by atoms with Crippen molar-refractivity contribution < 1.29 is 17.7 Å². The van der Waals surface area contributed by atoms with Gasteiger partial charge in [0, 0.05) is 6.07 Å². The summed E-state index contributed by atoms with van der Waals surface area (Å²) in [7, 11) is -4.00. The summed E-state index contributed by atoms with van der Waals surface area (Å²) in [4.78, 5) is 9.56. The molecule has 9 heteroatoms. The molecule has 0 radical (unpaired) electrons. The summed E-state index contributed by atoms with van der Waals surface area (Å²) in [5.74, 6) is -1.06. The molecule has 0 aromatic heterocycles. The third-order valence-corrected chi connectivity index (χ3v) is 4.09. The van der Waals surface area contributed by atoms with Gasteiger partial charge in [0.15, 0.2) is 0 Å². The van der Waals surface area contributed by atoms with Gasteiger partial charge < -0.3 is 0 Å². The summed E-state index contributed by atoms with van der Waals surface area (Å²) >= 11 is 0. The van der Waals surface area contributed by atoms with Crippen molar-refractivity contribution in [2.24, 2.45) is 0 Å². The Balaban J connectivity index is 2.34. The fourth-order valence-electron chi connectivity index (χ4n) is 1.64. The molecule has 0 spiro atoms. The molecule has 22 heavy (non-hydrogen) atoms. The van der Waals surface area contributed by atoms with Crippen LogP contribution in [-0.4, -0.2) is 13.3 Å². The summed E-state index contributed by atoms with van der Waals surface area (Å²) in [6.45, 7) is 0. The average molecular weight is 321 g/mol. The van der Waals surface area contributed by atoms with Crippen LogP contribution in [0, 0.1) is 27.3 Å². The monoisotopic (exact) mass is 321 g/mol. The van der Waals surface area contributed by atoms with Gasteiger partial charge >= 0.3 is 5.69 Å². The van der Waals surface area contributed by atoms with Gasteiger partial charge in [0.05, 0.1) is 27.1 Å². The molecule has 0 fully saturated rings. The fourth-order valence-corrected chi connectivity index (χ4v) is 2.69. The number of halogens is 1. The van der Waals surface area contributed by atoms with Crippen LogP contribution in [-0.2, 0) is 10.0 Å². The largest absolute Gasteiger partial charge is 0.306 e. The lowest BCUT2D eigenvalue weighted by Crippen LogP contribution is -2.13. The Kier molecular flexibility index (Phi) is 4.05. The van der Waals surface area contributed by atoms with Crippen LogP contribution in [0.3, 0.4) is 0 Å². The first-order chi connectivity index (χ1) is 10.3. The minimum absolute atomic E-state index is 0.126. The lowest BCUT2D eigenvalue weighted by atomic mass is 10.2. The quantitative estimate of drug-likeness (QED) is 0.686. The van der Waals surface area contributed by atoms with Gasteiger partial charge in [-0.05, 0) is 36.4 Å². The van der Waals surface area contributed by atoms with Crippen LogP contribution in [0.15, 0.2) is 47.4 Å². The fraction of sp³-hybridized carbons (Fsp3) is 0. The molecule has 0 atom stereocenters. The standard InChI is InChI=1S/C13H8FN3O4S/c14-12-6-3-10(7-13(12)17(18)19)16-22(20,21)11-4-1-9(8-15)2-5-11/h1-7,16H. The average Bonchev–Trinajstić information content (AvgIpc) is 2.48. The van der Waals surface area contributed by atoms with E-state index in [1.807, 2.05) is 6.07 Å². The highest BCUT2D eigenvalue weighted by Crippen LogP contribution is 2.23. The third kappa shape index (κ3) is 3.18. The van der Waals surface area contributed by atoms with E-state index in [1.54, 1.807) is 0 Å². The first kappa shape index (κ1) is 15.4. The van der Waals surface area contributed by atoms with Crippen LogP contribution in [0.1, 0.15) is 5.56 Å². The minimum atomic E-state index is -4.00. The zero-order valence-electron chi connectivity index (χ0n) is 10.9. The van der Waals surface area contributed by atoms with E-state index >= 15 is 0 Å². The lowest BCUT2D eigenvalue weighted by Gasteiger charge is -2.08. The highest BCUT2D eigenvalue weighted by Gasteiger charge is 2.18. The number of nitrogens with one attached hydrogen (secondary N) is 1. The smallest absolute Gasteiger partial charge is 0.279 e. The van der Waals surface area contributed by atoms with E-state index in [2.05, 4.69) is 4.72 Å². The van der Waals surface area contributed by atoms with Crippen LogP contribution < -0.4 is 4.72 Å². The second kappa shape index (κ2) is 5.79. The number of rotatable bonds is 4. The molecule has 1 N–H and O–H groups in total. The molecular formula is C13H8FN3O4S. The van der Waals surface area contributed by atoms with Crippen LogP contribution in [0.5, 0.6) is 0 Å². The third-order valence-electron chi connectivity index (χ3n) is 2.69. The zero-order valence-corrected chi connectivity index (χ0v) is 11.7. The van der Waals surface area contributed by atoms with Gasteiger partial charge in [0.2, 0.25) is 5.82 Å². The lowest BCUT2D eigenvalue weighted by molar-refractivity contribution is -0.387. The number of nitro groups is 1. The van der Waals surface area contributed by atoms with E-state index in [-0.39, 0.29) is 16.1 Å². The second-order valence-corrected chi connectivity index (χ2v) is 5.85. The molecule has 0 heterocycles. The number of nitriles is 1. The van der Waals surface area contributed by atoms with Gasteiger partial charge in [-0.2, -0.15) is 9.65 Å². The number of benzene rings is 2. The maximum Gasteiger partial charge on any atom is 0.306 e. The van der Waals surface area contributed by atoms with Gasteiger partial charge in [0.25, 0.3) is 10.0 Å².